The third-order valence-corrected chi connectivity index (χ3v) is 5.69. The van der Waals surface area contributed by atoms with Crippen LogP contribution in [0.3, 0.4) is 0 Å². The standard InChI is InChI=1S/C10H14Cl6O2.K/c11-4-2-1-3-5(12)6(13)7(14)8(15)9(16)10(17)18;/h5-9H,1-4H2,(H,17,18);/q;+1/p-1. The van der Waals surface area contributed by atoms with Crippen LogP contribution < -0.4 is 56.5 Å². The number of rotatable bonds is 9. The van der Waals surface area contributed by atoms with E-state index in [0.29, 0.717) is 12.3 Å². The van der Waals surface area contributed by atoms with E-state index in [-0.39, 0.29) is 51.4 Å². The van der Waals surface area contributed by atoms with Crippen LogP contribution in [0.5, 0.6) is 0 Å². The van der Waals surface area contributed by atoms with Crippen LogP contribution >= 0.6 is 69.6 Å². The quantitative estimate of drug-likeness (QED) is 0.306. The Morgan fingerprint density at radius 3 is 1.89 bits per heavy atom. The molecule has 108 valence electrons. The summed E-state index contributed by atoms with van der Waals surface area (Å²) in [4.78, 5) is 10.6. The van der Waals surface area contributed by atoms with Crippen molar-refractivity contribution in [2.45, 2.75) is 46.1 Å². The van der Waals surface area contributed by atoms with E-state index in [1.165, 1.54) is 0 Å². The second-order valence-corrected chi connectivity index (χ2v) is 6.68. The minimum absolute atomic E-state index is 0. The van der Waals surface area contributed by atoms with Gasteiger partial charge in [-0.15, -0.1) is 69.6 Å². The molecule has 0 amide bonds. The maximum Gasteiger partial charge on any atom is 1.00 e. The van der Waals surface area contributed by atoms with Crippen molar-refractivity contribution in [3.05, 3.63) is 0 Å². The molecule has 0 aliphatic carbocycles. The SMILES string of the molecule is O=C([O-])C(Cl)C(Cl)C(Cl)C(Cl)C(Cl)CCCCCl.[K+]. The van der Waals surface area contributed by atoms with Crippen molar-refractivity contribution in [2.75, 3.05) is 5.88 Å². The number of carbonyl (C=O) groups excluding carboxylic acids is 1. The largest absolute Gasteiger partial charge is 1.00 e. The molecule has 0 aromatic heterocycles. The van der Waals surface area contributed by atoms with Gasteiger partial charge in [0.15, 0.2) is 0 Å². The number of aliphatic carboxylic acids is 1. The van der Waals surface area contributed by atoms with Crippen molar-refractivity contribution in [2.24, 2.45) is 0 Å². The van der Waals surface area contributed by atoms with Gasteiger partial charge in [-0.1, -0.05) is 6.42 Å². The van der Waals surface area contributed by atoms with Crippen molar-refractivity contribution >= 4 is 75.6 Å². The minimum Gasteiger partial charge on any atom is -0.548 e. The van der Waals surface area contributed by atoms with Crippen LogP contribution in [-0.2, 0) is 4.79 Å². The van der Waals surface area contributed by atoms with E-state index < -0.39 is 32.9 Å². The summed E-state index contributed by atoms with van der Waals surface area (Å²) in [6.45, 7) is 0. The van der Waals surface area contributed by atoms with E-state index in [1.807, 2.05) is 0 Å². The number of unbranched alkanes of at least 4 members (excludes halogenated alkanes) is 1. The van der Waals surface area contributed by atoms with Crippen LogP contribution in [-0.4, -0.2) is 38.7 Å². The number of carboxylic acids is 1. The van der Waals surface area contributed by atoms with E-state index in [9.17, 15) is 9.90 Å². The summed E-state index contributed by atoms with van der Waals surface area (Å²) < 4.78 is 0. The van der Waals surface area contributed by atoms with Crippen LogP contribution in [0.25, 0.3) is 0 Å². The van der Waals surface area contributed by atoms with E-state index in [2.05, 4.69) is 0 Å². The van der Waals surface area contributed by atoms with Gasteiger partial charge in [0.05, 0.1) is 32.9 Å². The van der Waals surface area contributed by atoms with Crippen LogP contribution in [0.4, 0.5) is 0 Å². The van der Waals surface area contributed by atoms with Crippen LogP contribution in [0.1, 0.15) is 19.3 Å². The molecule has 0 aliphatic rings. The maximum atomic E-state index is 10.6. The smallest absolute Gasteiger partial charge is 0.548 e. The van der Waals surface area contributed by atoms with Crippen molar-refractivity contribution < 1.29 is 61.3 Å². The van der Waals surface area contributed by atoms with Gasteiger partial charge in [-0.2, -0.15) is 0 Å². The van der Waals surface area contributed by atoms with Crippen molar-refractivity contribution in [1.29, 1.82) is 0 Å². The zero-order valence-corrected chi connectivity index (χ0v) is 18.0. The van der Waals surface area contributed by atoms with E-state index in [0.717, 1.165) is 12.8 Å². The minimum atomic E-state index is -1.49. The molecule has 5 atom stereocenters. The molecule has 0 heterocycles. The topological polar surface area (TPSA) is 40.1 Å². The predicted molar refractivity (Wildman–Crippen MR) is 77.8 cm³/mol. The Morgan fingerprint density at radius 1 is 0.947 bits per heavy atom. The normalized spacial score (nSPS) is 18.8. The molecule has 0 radical (unpaired) electrons. The number of hydrogen-bond donors (Lipinski definition) is 0. The molecule has 0 bridgehead atoms. The Kier molecular flexibility index (Phi) is 16.9. The van der Waals surface area contributed by atoms with Crippen molar-refractivity contribution in [3.8, 4) is 0 Å². The zero-order chi connectivity index (χ0) is 14.3. The van der Waals surface area contributed by atoms with Crippen molar-refractivity contribution in [1.82, 2.24) is 0 Å². The molecule has 0 saturated heterocycles. The molecular formula is C10H13Cl6KO2. The monoisotopic (exact) mass is 414 g/mol. The van der Waals surface area contributed by atoms with E-state index in [1.54, 1.807) is 0 Å². The van der Waals surface area contributed by atoms with Gasteiger partial charge in [0.2, 0.25) is 0 Å². The molecule has 5 unspecified atom stereocenters. The first-order valence-corrected chi connectivity index (χ1v) is 8.01. The number of hydrogen-bond acceptors (Lipinski definition) is 2. The van der Waals surface area contributed by atoms with Gasteiger partial charge in [-0.25, -0.2) is 0 Å². The second kappa shape index (κ2) is 13.3. The summed E-state index contributed by atoms with van der Waals surface area (Å²) in [7, 11) is 0. The molecule has 0 fully saturated rings. The number of carboxylic acid groups (broad SMARTS) is 1. The Labute approximate surface area is 186 Å². The van der Waals surface area contributed by atoms with E-state index in [4.69, 9.17) is 69.6 Å². The Balaban J connectivity index is 0. The molecule has 0 spiro atoms. The van der Waals surface area contributed by atoms with Crippen LogP contribution in [0, 0.1) is 0 Å². The molecule has 0 aromatic carbocycles. The second-order valence-electron chi connectivity index (χ2n) is 3.75. The Hall–Kier alpha value is 2.85. The fraction of sp³-hybridized carbons (Fsp3) is 0.900. The van der Waals surface area contributed by atoms with Gasteiger partial charge in [0.25, 0.3) is 0 Å². The average Bonchev–Trinajstić information content (AvgIpc) is 2.35. The third kappa shape index (κ3) is 9.55. The molecular weight excluding hydrogens is 404 g/mol. The molecule has 9 heteroatoms. The summed E-state index contributed by atoms with van der Waals surface area (Å²) in [6.07, 6.45) is 2.25. The first kappa shape index (κ1) is 24.1. The summed E-state index contributed by atoms with van der Waals surface area (Å²) in [5.74, 6) is -0.938. The Bertz CT molecular complexity index is 258. The molecule has 0 saturated carbocycles. The van der Waals surface area contributed by atoms with E-state index >= 15 is 0 Å². The molecule has 0 aromatic rings. The molecule has 0 rings (SSSR count). The average molecular weight is 417 g/mol. The van der Waals surface area contributed by atoms with Crippen LogP contribution in [0.2, 0.25) is 0 Å². The summed E-state index contributed by atoms with van der Waals surface area (Å²) in [6, 6.07) is 0. The molecule has 0 aliphatic heterocycles. The molecule has 0 N–H and O–H groups in total. The summed E-state index contributed by atoms with van der Waals surface area (Å²) in [5, 5.41) is 6.11. The first-order chi connectivity index (χ1) is 8.32. The molecule has 19 heavy (non-hydrogen) atoms. The van der Waals surface area contributed by atoms with Gasteiger partial charge in [0.1, 0.15) is 0 Å². The molecule has 2 nitrogen and oxygen atoms in total. The number of halogens is 6. The summed E-state index contributed by atoms with van der Waals surface area (Å²) in [5.41, 5.74) is 0. The first-order valence-electron chi connectivity index (χ1n) is 5.30. The fourth-order valence-corrected chi connectivity index (χ4v) is 3.00. The zero-order valence-electron chi connectivity index (χ0n) is 10.3. The van der Waals surface area contributed by atoms with Crippen molar-refractivity contribution in [3.63, 3.8) is 0 Å². The van der Waals surface area contributed by atoms with Gasteiger partial charge in [-0.3, -0.25) is 0 Å². The third-order valence-electron chi connectivity index (χ3n) is 2.32. The van der Waals surface area contributed by atoms with Gasteiger partial charge in [0, 0.05) is 5.88 Å². The Morgan fingerprint density at radius 2 is 1.47 bits per heavy atom. The fourth-order valence-electron chi connectivity index (χ4n) is 1.26. The van der Waals surface area contributed by atoms with Gasteiger partial charge in [-0.05, 0) is 12.8 Å². The van der Waals surface area contributed by atoms with Gasteiger partial charge < -0.3 is 9.90 Å². The number of alkyl halides is 6. The summed E-state index contributed by atoms with van der Waals surface area (Å²) >= 11 is 35.0. The maximum absolute atomic E-state index is 10.6. The van der Waals surface area contributed by atoms with Gasteiger partial charge >= 0.3 is 51.4 Å². The van der Waals surface area contributed by atoms with Crippen LogP contribution in [0.15, 0.2) is 0 Å². The number of carbonyl (C=O) groups is 1. The predicted octanol–water partition coefficient (Wildman–Crippen LogP) is 0.186.